The molecule has 120 valence electrons. The first-order valence-corrected chi connectivity index (χ1v) is 7.32. The first-order valence-electron chi connectivity index (χ1n) is 7.32. The minimum Gasteiger partial charge on any atom is -0.460 e. The molecule has 0 spiro atoms. The van der Waals surface area contributed by atoms with Crippen LogP contribution < -0.4 is 0 Å². The Morgan fingerprint density at radius 2 is 1.43 bits per heavy atom. The van der Waals surface area contributed by atoms with Crippen molar-refractivity contribution in [2.24, 2.45) is 0 Å². The number of esters is 3. The molecule has 0 fully saturated rings. The predicted molar refractivity (Wildman–Crippen MR) is 76.2 cm³/mol. The number of ether oxygens (including phenoxy) is 3. The van der Waals surface area contributed by atoms with Gasteiger partial charge < -0.3 is 14.2 Å². The normalized spacial score (nSPS) is 10.9. The largest absolute Gasteiger partial charge is 0.460 e. The lowest BCUT2D eigenvalue weighted by molar-refractivity contribution is -0.167. The molecule has 0 unspecified atom stereocenters. The van der Waals surface area contributed by atoms with Crippen LogP contribution in [0.2, 0.25) is 0 Å². The van der Waals surface area contributed by atoms with Crippen LogP contribution in [0.15, 0.2) is 11.8 Å². The molecule has 0 aromatic rings. The van der Waals surface area contributed by atoms with E-state index in [2.05, 4.69) is 11.7 Å². The molecule has 0 amide bonds. The first kappa shape index (κ1) is 19.1. The molecule has 0 atom stereocenters. The average Bonchev–Trinajstić information content (AvgIpc) is 2.46. The number of unbranched alkanes of at least 4 members (excludes halogenated alkanes) is 4. The quantitative estimate of drug-likeness (QED) is 0.163. The van der Waals surface area contributed by atoms with Crippen LogP contribution in [0.4, 0.5) is 0 Å². The summed E-state index contributed by atoms with van der Waals surface area (Å²) in [6, 6.07) is 0. The summed E-state index contributed by atoms with van der Waals surface area (Å²) in [7, 11) is 0. The van der Waals surface area contributed by atoms with Gasteiger partial charge in [0.25, 0.3) is 0 Å². The number of hydrogen-bond donors (Lipinski definition) is 0. The molecule has 0 saturated heterocycles. The molecule has 0 heterocycles. The van der Waals surface area contributed by atoms with Gasteiger partial charge in [-0.15, -0.1) is 0 Å². The van der Waals surface area contributed by atoms with E-state index in [-0.39, 0.29) is 19.0 Å². The maximum atomic E-state index is 11.7. The van der Waals surface area contributed by atoms with Crippen molar-refractivity contribution < 1.29 is 28.6 Å². The van der Waals surface area contributed by atoms with Crippen molar-refractivity contribution in [1.82, 2.24) is 0 Å². The minimum atomic E-state index is -1.22. The van der Waals surface area contributed by atoms with Gasteiger partial charge in [-0.3, -0.25) is 0 Å². The zero-order valence-electron chi connectivity index (χ0n) is 13.0. The average molecular weight is 300 g/mol. The van der Waals surface area contributed by atoms with E-state index in [1.807, 2.05) is 0 Å². The monoisotopic (exact) mass is 300 g/mol. The lowest BCUT2D eigenvalue weighted by atomic mass is 10.1. The predicted octanol–water partition coefficient (Wildman–Crippen LogP) is 2.51. The fourth-order valence-electron chi connectivity index (χ4n) is 1.50. The molecule has 0 aromatic heterocycles. The third-order valence-electron chi connectivity index (χ3n) is 2.51. The number of rotatable bonds is 9. The van der Waals surface area contributed by atoms with Crippen molar-refractivity contribution in [2.75, 3.05) is 13.2 Å². The van der Waals surface area contributed by atoms with Crippen LogP contribution in [0.3, 0.4) is 0 Å². The number of carbonyl (C=O) groups excluding carboxylic acids is 3. The number of allylic oxidation sites excluding steroid dienone is 1. The lowest BCUT2D eigenvalue weighted by Gasteiger charge is -2.07. The van der Waals surface area contributed by atoms with E-state index in [1.165, 1.54) is 6.08 Å². The van der Waals surface area contributed by atoms with Crippen molar-refractivity contribution in [3.63, 3.8) is 0 Å². The van der Waals surface area contributed by atoms with Crippen LogP contribution in [0.25, 0.3) is 0 Å². The number of carbonyl (C=O) groups is 3. The third kappa shape index (κ3) is 8.83. The molecule has 0 radical (unpaired) electrons. The highest BCUT2D eigenvalue weighted by Gasteiger charge is 2.23. The highest BCUT2D eigenvalue weighted by molar-refractivity contribution is 6.30. The molecule has 0 aromatic carbocycles. The van der Waals surface area contributed by atoms with Crippen molar-refractivity contribution >= 4 is 17.9 Å². The summed E-state index contributed by atoms with van der Waals surface area (Å²) in [5, 5.41) is 0. The van der Waals surface area contributed by atoms with E-state index in [0.717, 1.165) is 25.7 Å². The molecule has 0 aliphatic rings. The van der Waals surface area contributed by atoms with E-state index in [9.17, 15) is 14.4 Å². The van der Waals surface area contributed by atoms with Crippen LogP contribution in [-0.4, -0.2) is 31.1 Å². The van der Waals surface area contributed by atoms with Crippen molar-refractivity contribution in [2.45, 2.75) is 52.9 Å². The highest BCUT2D eigenvalue weighted by atomic mass is 16.6. The molecule has 0 aliphatic heterocycles. The molecule has 6 nitrogen and oxygen atoms in total. The van der Waals surface area contributed by atoms with Crippen molar-refractivity contribution in [1.29, 1.82) is 0 Å². The highest BCUT2D eigenvalue weighted by Crippen LogP contribution is 2.09. The maximum absolute atomic E-state index is 11.7. The zero-order chi connectivity index (χ0) is 16.1. The van der Waals surface area contributed by atoms with Crippen LogP contribution in [0.5, 0.6) is 0 Å². The van der Waals surface area contributed by atoms with E-state index in [0.29, 0.717) is 6.42 Å². The van der Waals surface area contributed by atoms with Gasteiger partial charge in [0.05, 0.1) is 13.2 Å². The zero-order valence-corrected chi connectivity index (χ0v) is 13.0. The van der Waals surface area contributed by atoms with Gasteiger partial charge >= 0.3 is 17.9 Å². The molecular weight excluding hydrogens is 276 g/mol. The second-order valence-corrected chi connectivity index (χ2v) is 4.25. The molecular formula is C15H24O6. The van der Waals surface area contributed by atoms with Crippen molar-refractivity contribution in [3.8, 4) is 0 Å². The minimum absolute atomic E-state index is 0.0589. The van der Waals surface area contributed by atoms with Gasteiger partial charge in [0, 0.05) is 0 Å². The fraction of sp³-hybridized carbons (Fsp3) is 0.667. The Kier molecular flexibility index (Phi) is 10.9. The Hall–Kier alpha value is -1.85. The molecule has 0 N–H and O–H groups in total. The van der Waals surface area contributed by atoms with Gasteiger partial charge in [-0.1, -0.05) is 26.2 Å². The van der Waals surface area contributed by atoms with E-state index in [4.69, 9.17) is 9.47 Å². The van der Waals surface area contributed by atoms with E-state index in [1.54, 1.807) is 13.8 Å². The Balaban J connectivity index is 4.58. The second kappa shape index (κ2) is 11.9. The summed E-state index contributed by atoms with van der Waals surface area (Å²) < 4.78 is 14.1. The van der Waals surface area contributed by atoms with E-state index < -0.39 is 17.9 Å². The summed E-state index contributed by atoms with van der Waals surface area (Å²) in [6.45, 7) is 5.53. The Morgan fingerprint density at radius 1 is 0.810 bits per heavy atom. The SMILES string of the molecule is CCCCCCC=C(OC(=O)C(=O)OCC)C(=O)OCC. The molecule has 6 heteroatoms. The summed E-state index contributed by atoms with van der Waals surface area (Å²) in [5.41, 5.74) is 0. The Labute approximate surface area is 125 Å². The van der Waals surface area contributed by atoms with Crippen LogP contribution in [-0.2, 0) is 28.6 Å². The van der Waals surface area contributed by atoms with Crippen LogP contribution in [0, 0.1) is 0 Å². The molecule has 0 saturated carbocycles. The van der Waals surface area contributed by atoms with Gasteiger partial charge in [0.15, 0.2) is 0 Å². The lowest BCUT2D eigenvalue weighted by Crippen LogP contribution is -2.23. The Bertz CT molecular complexity index is 372. The second-order valence-electron chi connectivity index (χ2n) is 4.25. The van der Waals surface area contributed by atoms with Gasteiger partial charge in [-0.25, -0.2) is 14.4 Å². The standard InChI is InChI=1S/C15H24O6/c1-4-7-8-9-10-11-12(13(16)19-5-2)21-15(18)14(17)20-6-3/h11H,4-10H2,1-3H3. The molecule has 0 aliphatic carbocycles. The van der Waals surface area contributed by atoms with Crippen LogP contribution >= 0.6 is 0 Å². The summed E-state index contributed by atoms with van der Waals surface area (Å²) in [4.78, 5) is 34.3. The van der Waals surface area contributed by atoms with Crippen LogP contribution in [0.1, 0.15) is 52.9 Å². The van der Waals surface area contributed by atoms with Crippen molar-refractivity contribution in [3.05, 3.63) is 11.8 Å². The Morgan fingerprint density at radius 3 is 2.00 bits per heavy atom. The number of hydrogen-bond acceptors (Lipinski definition) is 6. The van der Waals surface area contributed by atoms with E-state index >= 15 is 0 Å². The van der Waals surface area contributed by atoms with Gasteiger partial charge in [-0.2, -0.15) is 0 Å². The molecule has 0 rings (SSSR count). The maximum Gasteiger partial charge on any atom is 0.423 e. The van der Waals surface area contributed by atoms with Gasteiger partial charge in [-0.05, 0) is 32.8 Å². The smallest absolute Gasteiger partial charge is 0.423 e. The fourth-order valence-corrected chi connectivity index (χ4v) is 1.50. The summed E-state index contributed by atoms with van der Waals surface area (Å²) in [5.74, 6) is -3.36. The van der Waals surface area contributed by atoms with Gasteiger partial charge in [0.2, 0.25) is 5.76 Å². The topological polar surface area (TPSA) is 78.9 Å². The summed E-state index contributed by atoms with van der Waals surface area (Å²) >= 11 is 0. The third-order valence-corrected chi connectivity index (χ3v) is 2.51. The first-order chi connectivity index (χ1) is 10.1. The summed E-state index contributed by atoms with van der Waals surface area (Å²) in [6.07, 6.45) is 6.15. The molecule has 21 heavy (non-hydrogen) atoms. The van der Waals surface area contributed by atoms with Gasteiger partial charge in [0.1, 0.15) is 0 Å². The molecule has 0 bridgehead atoms.